The van der Waals surface area contributed by atoms with Gasteiger partial charge in [0, 0.05) is 11.5 Å². The molecule has 2 heterocycles. The largest absolute Gasteiger partial charge is 0.841 e. The van der Waals surface area contributed by atoms with E-state index in [1.165, 1.54) is 0 Å². The highest BCUT2D eigenvalue weighted by Crippen LogP contribution is 2.24. The van der Waals surface area contributed by atoms with E-state index in [1.807, 2.05) is 85.8 Å². The third kappa shape index (κ3) is 2.69. The van der Waals surface area contributed by atoms with Crippen LogP contribution in [0.25, 0.3) is 33.4 Å². The number of para-hydroxylation sites is 1. The van der Waals surface area contributed by atoms with Gasteiger partial charge in [0.05, 0.1) is 5.88 Å². The van der Waals surface area contributed by atoms with Crippen molar-refractivity contribution < 1.29 is 9.51 Å². The third-order valence-corrected chi connectivity index (χ3v) is 5.24. The summed E-state index contributed by atoms with van der Waals surface area (Å²) in [6.07, 6.45) is 0. The van der Waals surface area contributed by atoms with E-state index in [2.05, 4.69) is 0 Å². The number of nitrogens with zero attached hydrogens (tertiary/aromatic N) is 2. The fourth-order valence-electron chi connectivity index (χ4n) is 3.80. The van der Waals surface area contributed by atoms with E-state index < -0.39 is 0 Å². The van der Waals surface area contributed by atoms with Gasteiger partial charge in [0.2, 0.25) is 0 Å². The molecule has 0 unspecified atom stereocenters. The van der Waals surface area contributed by atoms with Crippen molar-refractivity contribution in [2.75, 3.05) is 0 Å². The van der Waals surface area contributed by atoms with Gasteiger partial charge in [0.25, 0.3) is 5.65 Å². The Labute approximate surface area is 167 Å². The normalized spacial score (nSPS) is 11.2. The Morgan fingerprint density at radius 3 is 2.24 bits per heavy atom. The van der Waals surface area contributed by atoms with Gasteiger partial charge in [-0.1, -0.05) is 66.2 Å². The predicted molar refractivity (Wildman–Crippen MR) is 112 cm³/mol. The third-order valence-electron chi connectivity index (χ3n) is 5.24. The lowest BCUT2D eigenvalue weighted by atomic mass is 10.1. The minimum atomic E-state index is -0.319. The molecule has 0 radical (unpaired) electrons. The zero-order chi connectivity index (χ0) is 20.0. The molecule has 3 aromatic carbocycles. The summed E-state index contributed by atoms with van der Waals surface area (Å²) in [7, 11) is 0. The molecule has 4 heteroatoms. The maximum atomic E-state index is 13.6. The summed E-state index contributed by atoms with van der Waals surface area (Å²) in [4.78, 5) is 13.6. The summed E-state index contributed by atoms with van der Waals surface area (Å²) in [5.74, 6) is -0.309. The van der Waals surface area contributed by atoms with Crippen LogP contribution in [0.3, 0.4) is 0 Å². The SMILES string of the molecule is Cc1ccc(-n2c(=O)c(-c3ccccc3)c([O-])[n+]3c4ccccc4ccc23)cc1. The lowest BCUT2D eigenvalue weighted by Gasteiger charge is -2.16. The van der Waals surface area contributed by atoms with E-state index in [1.54, 1.807) is 21.1 Å². The first-order valence-electron chi connectivity index (χ1n) is 9.47. The van der Waals surface area contributed by atoms with Gasteiger partial charge >= 0.3 is 5.56 Å². The summed E-state index contributed by atoms with van der Waals surface area (Å²) >= 11 is 0. The average molecular weight is 378 g/mol. The minimum Gasteiger partial charge on any atom is -0.841 e. The number of aryl methyl sites for hydroxylation is 1. The zero-order valence-corrected chi connectivity index (χ0v) is 15.9. The van der Waals surface area contributed by atoms with Crippen LogP contribution in [0.4, 0.5) is 0 Å². The van der Waals surface area contributed by atoms with E-state index in [0.29, 0.717) is 11.2 Å². The van der Waals surface area contributed by atoms with Crippen LogP contribution in [0.2, 0.25) is 0 Å². The van der Waals surface area contributed by atoms with Crippen molar-refractivity contribution in [1.82, 2.24) is 4.57 Å². The van der Waals surface area contributed by atoms with Gasteiger partial charge in [-0.25, -0.2) is 9.20 Å². The molecule has 2 aromatic heterocycles. The van der Waals surface area contributed by atoms with Crippen LogP contribution in [0.15, 0.2) is 95.8 Å². The molecule has 0 amide bonds. The number of hydrogen-bond donors (Lipinski definition) is 0. The molecule has 0 aliphatic rings. The molecule has 4 nitrogen and oxygen atoms in total. The highest BCUT2D eigenvalue weighted by Gasteiger charge is 2.23. The summed E-state index contributed by atoms with van der Waals surface area (Å²) in [5.41, 5.74) is 3.61. The Hall–Kier alpha value is -3.92. The highest BCUT2D eigenvalue weighted by atomic mass is 16.3. The second kappa shape index (κ2) is 6.60. The molecule has 0 fully saturated rings. The number of pyridine rings is 1. The number of hydrogen-bond acceptors (Lipinski definition) is 2. The van der Waals surface area contributed by atoms with Crippen molar-refractivity contribution in [3.8, 4) is 22.7 Å². The van der Waals surface area contributed by atoms with Crippen molar-refractivity contribution >= 4 is 16.6 Å². The van der Waals surface area contributed by atoms with Gasteiger partial charge in [-0.15, -0.1) is 0 Å². The van der Waals surface area contributed by atoms with E-state index in [-0.39, 0.29) is 17.0 Å². The van der Waals surface area contributed by atoms with Crippen molar-refractivity contribution in [2.45, 2.75) is 6.92 Å². The average Bonchev–Trinajstić information content (AvgIpc) is 2.75. The Bertz CT molecular complexity index is 1420. The van der Waals surface area contributed by atoms with E-state index in [9.17, 15) is 9.90 Å². The molecule has 5 aromatic rings. The van der Waals surface area contributed by atoms with Crippen LogP contribution in [-0.2, 0) is 0 Å². The number of rotatable bonds is 2. The van der Waals surface area contributed by atoms with Crippen molar-refractivity contribution in [1.29, 1.82) is 0 Å². The quantitative estimate of drug-likeness (QED) is 0.347. The topological polar surface area (TPSA) is 49.2 Å². The van der Waals surface area contributed by atoms with E-state index in [0.717, 1.165) is 22.2 Å². The second-order valence-electron chi connectivity index (χ2n) is 7.11. The first-order valence-corrected chi connectivity index (χ1v) is 9.47. The summed E-state index contributed by atoms with van der Waals surface area (Å²) < 4.78 is 3.26. The molecule has 29 heavy (non-hydrogen) atoms. The van der Waals surface area contributed by atoms with Gasteiger partial charge in [-0.05, 0) is 36.8 Å². The fourth-order valence-corrected chi connectivity index (χ4v) is 3.80. The summed E-state index contributed by atoms with van der Waals surface area (Å²) in [6, 6.07) is 28.4. The standard InChI is InChI=1S/C25H18N2O2/c1-17-11-14-20(15-12-17)26-22-16-13-18-7-5-6-10-21(18)27(22)25(29)23(24(26)28)19-8-3-2-4-9-19/h2-16H,1H3. The highest BCUT2D eigenvalue weighted by molar-refractivity contribution is 5.78. The van der Waals surface area contributed by atoms with Crippen LogP contribution >= 0.6 is 0 Å². The van der Waals surface area contributed by atoms with Gasteiger partial charge in [0.1, 0.15) is 16.8 Å². The first-order chi connectivity index (χ1) is 14.1. The van der Waals surface area contributed by atoms with E-state index in [4.69, 9.17) is 0 Å². The van der Waals surface area contributed by atoms with Crippen LogP contribution in [0.1, 0.15) is 5.56 Å². The number of aromatic nitrogens is 2. The molecule has 0 saturated heterocycles. The Kier molecular flexibility index (Phi) is 3.91. The molecule has 140 valence electrons. The summed E-state index contributed by atoms with van der Waals surface area (Å²) in [5, 5.41) is 14.5. The lowest BCUT2D eigenvalue weighted by Crippen LogP contribution is -2.38. The Morgan fingerprint density at radius 1 is 0.793 bits per heavy atom. The first kappa shape index (κ1) is 17.2. The van der Waals surface area contributed by atoms with Crippen molar-refractivity contribution in [3.05, 3.63) is 107 Å². The summed E-state index contributed by atoms with van der Waals surface area (Å²) in [6.45, 7) is 2.00. The Morgan fingerprint density at radius 2 is 1.48 bits per heavy atom. The van der Waals surface area contributed by atoms with Gasteiger partial charge in [-0.3, -0.25) is 0 Å². The molecular formula is C25H18N2O2. The lowest BCUT2D eigenvalue weighted by molar-refractivity contribution is -0.565. The van der Waals surface area contributed by atoms with E-state index >= 15 is 0 Å². The van der Waals surface area contributed by atoms with Crippen molar-refractivity contribution in [2.24, 2.45) is 0 Å². The molecule has 0 aliphatic heterocycles. The minimum absolute atomic E-state index is 0.167. The Balaban J connectivity index is 2.02. The molecule has 5 rings (SSSR count). The monoisotopic (exact) mass is 378 g/mol. The zero-order valence-electron chi connectivity index (χ0n) is 15.9. The van der Waals surface area contributed by atoms with Crippen LogP contribution < -0.4 is 15.1 Å². The predicted octanol–water partition coefficient (Wildman–Crippen LogP) is 3.78. The fraction of sp³-hybridized carbons (Fsp3) is 0.0400. The van der Waals surface area contributed by atoms with Crippen LogP contribution in [0, 0.1) is 6.92 Å². The molecule has 0 N–H and O–H groups in total. The van der Waals surface area contributed by atoms with Gasteiger partial charge in [-0.2, -0.15) is 4.57 Å². The van der Waals surface area contributed by atoms with Crippen LogP contribution in [-0.4, -0.2) is 4.57 Å². The van der Waals surface area contributed by atoms with Crippen molar-refractivity contribution in [3.63, 3.8) is 0 Å². The van der Waals surface area contributed by atoms with Crippen LogP contribution in [0.5, 0.6) is 5.88 Å². The second-order valence-corrected chi connectivity index (χ2v) is 7.11. The molecule has 0 spiro atoms. The molecule has 0 bridgehead atoms. The molecular weight excluding hydrogens is 360 g/mol. The van der Waals surface area contributed by atoms with Gasteiger partial charge < -0.3 is 5.11 Å². The molecule has 0 aliphatic carbocycles. The number of fused-ring (bicyclic) bond motifs is 3. The maximum Gasteiger partial charge on any atom is 0.350 e. The number of benzene rings is 3. The molecule has 0 atom stereocenters. The smallest absolute Gasteiger partial charge is 0.350 e. The molecule has 0 saturated carbocycles. The van der Waals surface area contributed by atoms with Gasteiger partial charge in [0.15, 0.2) is 0 Å². The maximum absolute atomic E-state index is 13.6.